The van der Waals surface area contributed by atoms with Crippen LogP contribution in [0.1, 0.15) is 24.8 Å². The second-order valence-electron chi connectivity index (χ2n) is 4.10. The zero-order valence-electron chi connectivity index (χ0n) is 9.00. The SMILES string of the molecule is C(#Cc1ccccc1)CNCC1CCC1. The summed E-state index contributed by atoms with van der Waals surface area (Å²) in [5.74, 6) is 7.21. The smallest absolute Gasteiger partial charge is 0.0580 e. The van der Waals surface area contributed by atoms with Gasteiger partial charge in [-0.1, -0.05) is 36.5 Å². The van der Waals surface area contributed by atoms with E-state index in [1.165, 1.54) is 19.3 Å². The van der Waals surface area contributed by atoms with E-state index in [4.69, 9.17) is 0 Å². The Morgan fingerprint density at radius 2 is 2.00 bits per heavy atom. The van der Waals surface area contributed by atoms with Gasteiger partial charge in [0.25, 0.3) is 0 Å². The van der Waals surface area contributed by atoms with Crippen LogP contribution in [0.3, 0.4) is 0 Å². The van der Waals surface area contributed by atoms with E-state index in [9.17, 15) is 0 Å². The van der Waals surface area contributed by atoms with Crippen molar-refractivity contribution in [3.8, 4) is 11.8 Å². The van der Waals surface area contributed by atoms with Crippen LogP contribution in [-0.2, 0) is 0 Å². The molecule has 2 rings (SSSR count). The predicted molar refractivity (Wildman–Crippen MR) is 63.5 cm³/mol. The Bertz CT molecular complexity index is 341. The molecule has 1 heteroatoms. The minimum Gasteiger partial charge on any atom is -0.306 e. The lowest BCUT2D eigenvalue weighted by atomic mass is 9.85. The fraction of sp³-hybridized carbons (Fsp3) is 0.429. The van der Waals surface area contributed by atoms with Crippen molar-refractivity contribution >= 4 is 0 Å². The van der Waals surface area contributed by atoms with E-state index in [2.05, 4.69) is 17.2 Å². The van der Waals surface area contributed by atoms with Gasteiger partial charge in [-0.25, -0.2) is 0 Å². The Morgan fingerprint density at radius 3 is 2.67 bits per heavy atom. The zero-order valence-corrected chi connectivity index (χ0v) is 9.00. The molecule has 1 N–H and O–H groups in total. The van der Waals surface area contributed by atoms with Crippen LogP contribution in [0.5, 0.6) is 0 Å². The van der Waals surface area contributed by atoms with E-state index >= 15 is 0 Å². The molecular weight excluding hydrogens is 182 g/mol. The summed E-state index contributed by atoms with van der Waals surface area (Å²) in [5, 5.41) is 3.38. The first kappa shape index (κ1) is 10.3. The molecule has 0 spiro atoms. The van der Waals surface area contributed by atoms with E-state index in [0.29, 0.717) is 0 Å². The fourth-order valence-corrected chi connectivity index (χ4v) is 1.70. The van der Waals surface area contributed by atoms with Gasteiger partial charge in [-0.05, 0) is 37.4 Å². The van der Waals surface area contributed by atoms with Gasteiger partial charge < -0.3 is 5.32 Å². The highest BCUT2D eigenvalue weighted by Crippen LogP contribution is 2.24. The summed E-state index contributed by atoms with van der Waals surface area (Å²) >= 11 is 0. The lowest BCUT2D eigenvalue weighted by Gasteiger charge is -2.24. The molecule has 1 aliphatic rings. The summed E-state index contributed by atoms with van der Waals surface area (Å²) in [6.45, 7) is 1.95. The summed E-state index contributed by atoms with van der Waals surface area (Å²) in [4.78, 5) is 0. The second kappa shape index (κ2) is 5.58. The van der Waals surface area contributed by atoms with Crippen LogP contribution < -0.4 is 5.32 Å². The number of hydrogen-bond acceptors (Lipinski definition) is 1. The van der Waals surface area contributed by atoms with Gasteiger partial charge in [0, 0.05) is 5.56 Å². The maximum absolute atomic E-state index is 3.38. The molecule has 1 fully saturated rings. The van der Waals surface area contributed by atoms with Crippen molar-refractivity contribution in [1.29, 1.82) is 0 Å². The van der Waals surface area contributed by atoms with Crippen molar-refractivity contribution in [1.82, 2.24) is 5.32 Å². The standard InChI is InChI=1S/C14H17N/c1-2-6-13(7-3-1)10-5-11-15-12-14-8-4-9-14/h1-3,6-7,14-15H,4,8-9,11-12H2. The molecule has 1 saturated carbocycles. The third-order valence-corrected chi connectivity index (χ3v) is 2.88. The first-order chi connectivity index (χ1) is 7.45. The minimum atomic E-state index is 0.811. The number of nitrogens with one attached hydrogen (secondary N) is 1. The first-order valence-electron chi connectivity index (χ1n) is 5.70. The summed E-state index contributed by atoms with van der Waals surface area (Å²) in [5.41, 5.74) is 1.10. The molecule has 78 valence electrons. The van der Waals surface area contributed by atoms with Crippen LogP contribution in [0.4, 0.5) is 0 Å². The van der Waals surface area contributed by atoms with E-state index < -0.39 is 0 Å². The van der Waals surface area contributed by atoms with Crippen LogP contribution in [0.2, 0.25) is 0 Å². The quantitative estimate of drug-likeness (QED) is 0.582. The molecule has 0 bridgehead atoms. The summed E-state index contributed by atoms with van der Waals surface area (Å²) < 4.78 is 0. The largest absolute Gasteiger partial charge is 0.306 e. The third-order valence-electron chi connectivity index (χ3n) is 2.88. The Labute approximate surface area is 91.9 Å². The monoisotopic (exact) mass is 199 g/mol. The molecule has 0 aromatic heterocycles. The molecular formula is C14H17N. The molecule has 1 aromatic rings. The minimum absolute atomic E-state index is 0.811. The van der Waals surface area contributed by atoms with Gasteiger partial charge in [-0.15, -0.1) is 0 Å². The van der Waals surface area contributed by atoms with E-state index in [-0.39, 0.29) is 0 Å². The van der Waals surface area contributed by atoms with Crippen molar-refractivity contribution in [2.75, 3.05) is 13.1 Å². The van der Waals surface area contributed by atoms with Crippen LogP contribution in [-0.4, -0.2) is 13.1 Å². The van der Waals surface area contributed by atoms with Crippen molar-refractivity contribution in [3.63, 3.8) is 0 Å². The van der Waals surface area contributed by atoms with Crippen LogP contribution >= 0.6 is 0 Å². The summed E-state index contributed by atoms with van der Waals surface area (Å²) in [6.07, 6.45) is 4.22. The Hall–Kier alpha value is -1.26. The number of benzene rings is 1. The van der Waals surface area contributed by atoms with E-state index in [1.54, 1.807) is 0 Å². The fourth-order valence-electron chi connectivity index (χ4n) is 1.70. The second-order valence-corrected chi connectivity index (χ2v) is 4.10. The summed E-state index contributed by atoms with van der Waals surface area (Å²) in [6, 6.07) is 10.1. The maximum Gasteiger partial charge on any atom is 0.0580 e. The highest BCUT2D eigenvalue weighted by Gasteiger charge is 2.15. The molecule has 0 radical (unpaired) electrons. The van der Waals surface area contributed by atoms with Gasteiger partial charge in [-0.2, -0.15) is 0 Å². The van der Waals surface area contributed by atoms with Gasteiger partial charge in [0.1, 0.15) is 0 Å². The molecule has 15 heavy (non-hydrogen) atoms. The zero-order chi connectivity index (χ0) is 10.3. The maximum atomic E-state index is 3.38. The molecule has 1 nitrogen and oxygen atoms in total. The molecule has 0 unspecified atom stereocenters. The van der Waals surface area contributed by atoms with Gasteiger partial charge in [0.15, 0.2) is 0 Å². The van der Waals surface area contributed by atoms with Crippen LogP contribution in [0.15, 0.2) is 30.3 Å². The molecule has 0 amide bonds. The lowest BCUT2D eigenvalue weighted by Crippen LogP contribution is -2.27. The van der Waals surface area contributed by atoms with Crippen molar-refractivity contribution in [2.45, 2.75) is 19.3 Å². The normalized spacial score (nSPS) is 15.2. The van der Waals surface area contributed by atoms with Crippen LogP contribution in [0, 0.1) is 17.8 Å². The lowest BCUT2D eigenvalue weighted by molar-refractivity contribution is 0.306. The van der Waals surface area contributed by atoms with Crippen molar-refractivity contribution in [3.05, 3.63) is 35.9 Å². The van der Waals surface area contributed by atoms with Gasteiger partial charge >= 0.3 is 0 Å². The van der Waals surface area contributed by atoms with Gasteiger partial charge in [0.05, 0.1) is 6.54 Å². The molecule has 0 atom stereocenters. The number of hydrogen-bond donors (Lipinski definition) is 1. The molecule has 1 aromatic carbocycles. The molecule has 0 heterocycles. The predicted octanol–water partition coefficient (Wildman–Crippen LogP) is 2.43. The van der Waals surface area contributed by atoms with Crippen molar-refractivity contribution < 1.29 is 0 Å². The highest BCUT2D eigenvalue weighted by molar-refractivity contribution is 5.33. The topological polar surface area (TPSA) is 12.0 Å². The Morgan fingerprint density at radius 1 is 1.20 bits per heavy atom. The van der Waals surface area contributed by atoms with E-state index in [0.717, 1.165) is 24.6 Å². The molecule has 0 aliphatic heterocycles. The number of rotatable bonds is 3. The average Bonchev–Trinajstić information content (AvgIpc) is 2.22. The van der Waals surface area contributed by atoms with Crippen molar-refractivity contribution in [2.24, 2.45) is 5.92 Å². The van der Waals surface area contributed by atoms with Gasteiger partial charge in [0.2, 0.25) is 0 Å². The van der Waals surface area contributed by atoms with Gasteiger partial charge in [-0.3, -0.25) is 0 Å². The first-order valence-corrected chi connectivity index (χ1v) is 5.70. The average molecular weight is 199 g/mol. The third kappa shape index (κ3) is 3.42. The van der Waals surface area contributed by atoms with E-state index in [1.807, 2.05) is 30.3 Å². The Balaban J connectivity index is 1.66. The van der Waals surface area contributed by atoms with Crippen LogP contribution in [0.25, 0.3) is 0 Å². The molecule has 1 aliphatic carbocycles. The summed E-state index contributed by atoms with van der Waals surface area (Å²) in [7, 11) is 0. The highest BCUT2D eigenvalue weighted by atomic mass is 14.8. The molecule has 0 saturated heterocycles. The Kier molecular flexibility index (Phi) is 3.82.